The minimum atomic E-state index is -4.71. The van der Waals surface area contributed by atoms with E-state index in [9.17, 15) is 13.2 Å². The summed E-state index contributed by atoms with van der Waals surface area (Å²) in [5.74, 6) is -0.0682. The van der Waals surface area contributed by atoms with Crippen LogP contribution in [0.15, 0.2) is 53.5 Å². The topological polar surface area (TPSA) is 62.9 Å². The fraction of sp³-hybridized carbons (Fsp3) is 0.350. The Balaban J connectivity index is 1.51. The lowest BCUT2D eigenvalue weighted by atomic mass is 9.99. The van der Waals surface area contributed by atoms with E-state index in [0.29, 0.717) is 12.2 Å². The Hall–Kier alpha value is -2.74. The van der Waals surface area contributed by atoms with Crippen molar-refractivity contribution in [3.63, 3.8) is 0 Å². The monoisotopic (exact) mass is 392 g/mol. The summed E-state index contributed by atoms with van der Waals surface area (Å²) in [6, 6.07) is 14.0. The molecule has 0 spiro atoms. The molecule has 1 aliphatic heterocycles. The van der Waals surface area contributed by atoms with Crippen molar-refractivity contribution in [2.24, 2.45) is 10.7 Å². The summed E-state index contributed by atoms with van der Waals surface area (Å²) in [6.07, 6.45) is -3.69. The van der Waals surface area contributed by atoms with Crippen molar-refractivity contribution in [3.05, 3.63) is 59.7 Å². The number of alkyl halides is 3. The average molecular weight is 392 g/mol. The molecule has 0 radical (unpaired) electrons. The Kier molecular flexibility index (Phi) is 6.08. The lowest BCUT2D eigenvalue weighted by molar-refractivity contribution is -0.274. The highest BCUT2D eigenvalue weighted by Gasteiger charge is 2.30. The first kappa shape index (κ1) is 20.0. The van der Waals surface area contributed by atoms with Crippen molar-refractivity contribution >= 4 is 11.6 Å². The van der Waals surface area contributed by atoms with Crippen molar-refractivity contribution < 1.29 is 17.9 Å². The van der Waals surface area contributed by atoms with Gasteiger partial charge in [0, 0.05) is 24.8 Å². The van der Waals surface area contributed by atoms with Crippen LogP contribution in [-0.4, -0.2) is 36.4 Å². The van der Waals surface area contributed by atoms with Gasteiger partial charge in [-0.2, -0.15) is 0 Å². The van der Waals surface area contributed by atoms with Crippen LogP contribution in [0.1, 0.15) is 18.1 Å². The molecule has 0 saturated heterocycles. The van der Waals surface area contributed by atoms with Gasteiger partial charge in [0.25, 0.3) is 0 Å². The van der Waals surface area contributed by atoms with Crippen LogP contribution in [0.2, 0.25) is 0 Å². The van der Waals surface area contributed by atoms with Crippen LogP contribution in [0.4, 0.5) is 18.9 Å². The van der Waals surface area contributed by atoms with Crippen molar-refractivity contribution in [1.29, 1.82) is 0 Å². The zero-order valence-corrected chi connectivity index (χ0v) is 15.5. The molecule has 3 rings (SSSR count). The number of nitrogens with one attached hydrogen (secondary N) is 1. The van der Waals surface area contributed by atoms with Gasteiger partial charge in [-0.25, -0.2) is 0 Å². The Labute approximate surface area is 162 Å². The molecule has 0 fully saturated rings. The molecule has 28 heavy (non-hydrogen) atoms. The summed E-state index contributed by atoms with van der Waals surface area (Å²) in [5, 5.41) is 2.88. The van der Waals surface area contributed by atoms with Gasteiger partial charge < -0.3 is 15.8 Å². The molecule has 1 atom stereocenters. The summed E-state index contributed by atoms with van der Waals surface area (Å²) < 4.78 is 40.4. The fourth-order valence-corrected chi connectivity index (χ4v) is 3.17. The van der Waals surface area contributed by atoms with Gasteiger partial charge in [-0.3, -0.25) is 9.89 Å². The first-order chi connectivity index (χ1) is 13.3. The maximum atomic E-state index is 12.2. The van der Waals surface area contributed by atoms with Crippen LogP contribution in [0.25, 0.3) is 0 Å². The maximum absolute atomic E-state index is 12.2. The van der Waals surface area contributed by atoms with Gasteiger partial charge in [-0.05, 0) is 48.7 Å². The minimum absolute atomic E-state index is 0.216. The Morgan fingerprint density at radius 3 is 2.54 bits per heavy atom. The number of ether oxygens (including phenoxy) is 1. The predicted octanol–water partition coefficient (Wildman–Crippen LogP) is 3.76. The molecular weight excluding hydrogens is 369 g/mol. The van der Waals surface area contributed by atoms with Crippen molar-refractivity contribution in [3.8, 4) is 5.75 Å². The molecule has 3 N–H and O–H groups in total. The van der Waals surface area contributed by atoms with Crippen molar-refractivity contribution in [1.82, 2.24) is 4.90 Å². The van der Waals surface area contributed by atoms with E-state index in [1.807, 2.05) is 0 Å². The van der Waals surface area contributed by atoms with E-state index in [1.165, 1.54) is 35.4 Å². The van der Waals surface area contributed by atoms with E-state index in [0.717, 1.165) is 19.5 Å². The third kappa shape index (κ3) is 5.63. The lowest BCUT2D eigenvalue weighted by Gasteiger charge is -2.33. The van der Waals surface area contributed by atoms with Crippen LogP contribution in [0.3, 0.4) is 0 Å². The number of anilines is 1. The van der Waals surface area contributed by atoms with E-state index in [4.69, 9.17) is 5.73 Å². The third-order valence-corrected chi connectivity index (χ3v) is 4.67. The number of fused-ring (bicyclic) bond motifs is 1. The Morgan fingerprint density at radius 2 is 1.86 bits per heavy atom. The van der Waals surface area contributed by atoms with Crippen LogP contribution in [0, 0.1) is 0 Å². The molecule has 0 bridgehead atoms. The van der Waals surface area contributed by atoms with Gasteiger partial charge >= 0.3 is 6.36 Å². The van der Waals surface area contributed by atoms with Gasteiger partial charge in [0.15, 0.2) is 5.96 Å². The van der Waals surface area contributed by atoms with Gasteiger partial charge in [0.05, 0.1) is 6.54 Å². The number of aliphatic imine (C=N–C) groups is 1. The van der Waals surface area contributed by atoms with Gasteiger partial charge in [-0.1, -0.05) is 24.3 Å². The van der Waals surface area contributed by atoms with E-state index >= 15 is 0 Å². The summed E-state index contributed by atoms with van der Waals surface area (Å²) >= 11 is 0. The highest BCUT2D eigenvalue weighted by atomic mass is 19.4. The quantitative estimate of drug-likeness (QED) is 0.601. The molecule has 0 amide bonds. The molecule has 0 saturated carbocycles. The predicted molar refractivity (Wildman–Crippen MR) is 103 cm³/mol. The molecule has 2 aromatic carbocycles. The molecule has 8 heteroatoms. The van der Waals surface area contributed by atoms with Crippen molar-refractivity contribution in [2.45, 2.75) is 32.3 Å². The number of rotatable bonds is 5. The Morgan fingerprint density at radius 1 is 1.18 bits per heavy atom. The molecule has 0 aromatic heterocycles. The van der Waals surface area contributed by atoms with Crippen LogP contribution >= 0.6 is 0 Å². The molecule has 2 aromatic rings. The molecule has 1 heterocycles. The molecular formula is C20H23F3N4O. The van der Waals surface area contributed by atoms with E-state index in [-0.39, 0.29) is 17.8 Å². The number of halogens is 3. The van der Waals surface area contributed by atoms with Crippen LogP contribution < -0.4 is 15.8 Å². The third-order valence-electron chi connectivity index (χ3n) is 4.67. The standard InChI is InChI=1S/C20H23F3N4O/c1-14(27-11-10-15-4-2-3-5-16(15)13-27)12-25-19(24)26-17-6-8-18(9-7-17)28-20(21,22)23/h2-9,14H,10-13H2,1H3,(H3,24,25,26). The zero-order valence-electron chi connectivity index (χ0n) is 15.5. The lowest BCUT2D eigenvalue weighted by Crippen LogP contribution is -2.39. The maximum Gasteiger partial charge on any atom is 0.573 e. The van der Waals surface area contributed by atoms with Gasteiger partial charge in [-0.15, -0.1) is 13.2 Å². The fourth-order valence-electron chi connectivity index (χ4n) is 3.17. The number of benzene rings is 2. The number of hydrogen-bond acceptors (Lipinski definition) is 3. The second-order valence-electron chi connectivity index (χ2n) is 6.76. The van der Waals surface area contributed by atoms with E-state index in [1.54, 1.807) is 0 Å². The van der Waals surface area contributed by atoms with Gasteiger partial charge in [0.1, 0.15) is 5.75 Å². The number of hydrogen-bond donors (Lipinski definition) is 2. The highest BCUT2D eigenvalue weighted by molar-refractivity contribution is 5.92. The Bertz CT molecular complexity index is 821. The van der Waals surface area contributed by atoms with Gasteiger partial charge in [0.2, 0.25) is 0 Å². The normalized spacial score (nSPS) is 16.4. The smallest absolute Gasteiger partial charge is 0.406 e. The second-order valence-corrected chi connectivity index (χ2v) is 6.76. The SMILES string of the molecule is CC(CN=C(N)Nc1ccc(OC(F)(F)F)cc1)N1CCc2ccccc2C1. The largest absolute Gasteiger partial charge is 0.573 e. The number of nitrogens with two attached hydrogens (primary N) is 1. The summed E-state index contributed by atoms with van der Waals surface area (Å²) in [4.78, 5) is 6.73. The zero-order chi connectivity index (χ0) is 20.1. The summed E-state index contributed by atoms with van der Waals surface area (Å²) in [6.45, 7) is 4.49. The summed E-state index contributed by atoms with van der Waals surface area (Å²) in [7, 11) is 0. The minimum Gasteiger partial charge on any atom is -0.406 e. The number of nitrogens with zero attached hydrogens (tertiary/aromatic N) is 2. The average Bonchev–Trinajstić information content (AvgIpc) is 2.66. The van der Waals surface area contributed by atoms with Crippen LogP contribution in [0.5, 0.6) is 5.75 Å². The van der Waals surface area contributed by atoms with E-state index < -0.39 is 6.36 Å². The van der Waals surface area contributed by atoms with Crippen molar-refractivity contribution in [2.75, 3.05) is 18.4 Å². The molecule has 0 aliphatic carbocycles. The first-order valence-electron chi connectivity index (χ1n) is 9.04. The molecule has 1 aliphatic rings. The number of guanidine groups is 1. The summed E-state index contributed by atoms with van der Waals surface area (Å²) in [5.41, 5.74) is 9.19. The molecule has 1 unspecified atom stereocenters. The first-order valence-corrected chi connectivity index (χ1v) is 9.04. The highest BCUT2D eigenvalue weighted by Crippen LogP contribution is 2.24. The van der Waals surface area contributed by atoms with E-state index in [2.05, 4.69) is 51.1 Å². The molecule has 150 valence electrons. The molecule has 5 nitrogen and oxygen atoms in total. The second kappa shape index (κ2) is 8.52. The van der Waals surface area contributed by atoms with Crippen LogP contribution in [-0.2, 0) is 13.0 Å².